The molecule has 0 amide bonds. The fourth-order valence-electron chi connectivity index (χ4n) is 4.50. The lowest BCUT2D eigenvalue weighted by molar-refractivity contribution is -0.157. The molecule has 176 valence electrons. The van der Waals surface area contributed by atoms with Crippen LogP contribution in [0.25, 0.3) is 5.52 Å². The Bertz CT molecular complexity index is 1160. The maximum atomic E-state index is 12.9. The molecule has 2 saturated heterocycles. The third kappa shape index (κ3) is 3.69. The minimum atomic E-state index is -4.19. The molecular weight excluding hydrogens is 457 g/mol. The van der Waals surface area contributed by atoms with E-state index in [1.807, 2.05) is 6.07 Å². The zero-order valence-electron chi connectivity index (χ0n) is 17.4. The van der Waals surface area contributed by atoms with Crippen LogP contribution in [0.5, 0.6) is 0 Å². The van der Waals surface area contributed by atoms with Gasteiger partial charge in [-0.25, -0.2) is 18.6 Å². The normalized spacial score (nSPS) is 34.2. The smallest absolute Gasteiger partial charge is 0.438 e. The molecule has 2 aliphatic heterocycles. The number of fused-ring (bicyclic) bond motifs is 2. The molecule has 0 bridgehead atoms. The number of aliphatic hydroxyl groups is 1. The number of hydrogen-bond acceptors (Lipinski definition) is 12. The Balaban J connectivity index is 1.31. The lowest BCUT2D eigenvalue weighted by Gasteiger charge is -2.30. The molecule has 1 saturated carbocycles. The minimum Gasteiger partial charge on any atom is -0.438 e. The number of nitriles is 1. The molecule has 33 heavy (non-hydrogen) atoms. The number of esters is 1. The van der Waals surface area contributed by atoms with Crippen LogP contribution in [-0.2, 0) is 38.0 Å². The van der Waals surface area contributed by atoms with Crippen molar-refractivity contribution in [1.82, 2.24) is 14.6 Å². The van der Waals surface area contributed by atoms with Gasteiger partial charge in [0.1, 0.15) is 36.2 Å². The van der Waals surface area contributed by atoms with E-state index in [0.717, 1.165) is 25.7 Å². The van der Waals surface area contributed by atoms with Crippen molar-refractivity contribution in [3.63, 3.8) is 0 Å². The number of nitrogens with zero attached hydrogens (tertiary/aromatic N) is 4. The van der Waals surface area contributed by atoms with Crippen molar-refractivity contribution in [3.8, 4) is 6.07 Å². The lowest BCUT2D eigenvalue weighted by atomic mass is 9.92. The topological polar surface area (TPSA) is 181 Å². The zero-order chi connectivity index (χ0) is 23.2. The molecule has 3 aliphatic rings. The molecule has 5 rings (SSSR count). The number of anilines is 1. The summed E-state index contributed by atoms with van der Waals surface area (Å²) in [5.41, 5.74) is 4.56. The van der Waals surface area contributed by atoms with Gasteiger partial charge in [-0.1, -0.05) is 12.8 Å². The number of aliphatic hydroxyl groups excluding tert-OH is 1. The van der Waals surface area contributed by atoms with Gasteiger partial charge in [0.2, 0.25) is 12.4 Å². The van der Waals surface area contributed by atoms with Gasteiger partial charge in [-0.15, -0.1) is 0 Å². The Kier molecular flexibility index (Phi) is 5.60. The van der Waals surface area contributed by atoms with Crippen molar-refractivity contribution in [2.75, 3.05) is 19.1 Å². The monoisotopic (exact) mass is 479 g/mol. The summed E-state index contributed by atoms with van der Waals surface area (Å²) in [4.78, 5) is 15.9. The maximum Gasteiger partial charge on any atom is 0.478 e. The number of phosphoric ester groups is 1. The lowest BCUT2D eigenvalue weighted by Crippen LogP contribution is -2.43. The van der Waals surface area contributed by atoms with E-state index in [0.29, 0.717) is 5.52 Å². The number of phosphoric acid groups is 1. The van der Waals surface area contributed by atoms with E-state index in [1.54, 1.807) is 6.07 Å². The van der Waals surface area contributed by atoms with Crippen LogP contribution >= 0.6 is 7.82 Å². The standard InChI is InChI=1S/C19H22N5O8P/c20-8-19(14-6-5-12-17(21)22-9-23-24(12)14)16(25)15-13(31-19)7-29-33(27,32-15)30-10-28-18(26)11-3-1-2-4-11/h5-6,9,11,13,15-16,25H,1-4,7,10H2,(H2,21,22,23)/t13-,15-,16-,19+,33-/m1/s1. The van der Waals surface area contributed by atoms with Crippen LogP contribution in [0, 0.1) is 17.2 Å². The van der Waals surface area contributed by atoms with Crippen LogP contribution in [0.3, 0.4) is 0 Å². The Hall–Kier alpha value is -2.59. The van der Waals surface area contributed by atoms with Gasteiger partial charge in [0.25, 0.3) is 0 Å². The van der Waals surface area contributed by atoms with E-state index in [-0.39, 0.29) is 24.0 Å². The van der Waals surface area contributed by atoms with Crippen LogP contribution in [0.4, 0.5) is 5.82 Å². The van der Waals surface area contributed by atoms with Gasteiger partial charge in [-0.2, -0.15) is 10.4 Å². The number of nitrogen functional groups attached to an aromatic ring is 1. The van der Waals surface area contributed by atoms with E-state index in [9.17, 15) is 19.7 Å². The molecule has 0 aromatic carbocycles. The van der Waals surface area contributed by atoms with Crippen molar-refractivity contribution in [2.24, 2.45) is 5.92 Å². The number of carbonyl (C=O) groups is 1. The van der Waals surface area contributed by atoms with E-state index in [4.69, 9.17) is 28.8 Å². The van der Waals surface area contributed by atoms with Crippen molar-refractivity contribution in [2.45, 2.75) is 49.6 Å². The van der Waals surface area contributed by atoms with E-state index >= 15 is 0 Å². The third-order valence-corrected chi connectivity index (χ3v) is 7.60. The van der Waals surface area contributed by atoms with E-state index in [2.05, 4.69) is 10.1 Å². The first-order chi connectivity index (χ1) is 15.9. The average Bonchev–Trinajstić information content (AvgIpc) is 3.54. The number of nitrogens with two attached hydrogens (primary N) is 1. The molecule has 2 aromatic rings. The number of aromatic nitrogens is 3. The molecule has 0 radical (unpaired) electrons. The van der Waals surface area contributed by atoms with Crippen molar-refractivity contribution < 1.29 is 37.5 Å². The summed E-state index contributed by atoms with van der Waals surface area (Å²) < 4.78 is 40.9. The van der Waals surface area contributed by atoms with Gasteiger partial charge in [-0.05, 0) is 25.0 Å². The second-order valence-electron chi connectivity index (χ2n) is 8.11. The second-order valence-corrected chi connectivity index (χ2v) is 9.74. The van der Waals surface area contributed by atoms with Gasteiger partial charge in [-0.3, -0.25) is 13.8 Å². The molecule has 0 unspecified atom stereocenters. The average molecular weight is 479 g/mol. The molecule has 1 aliphatic carbocycles. The SMILES string of the molecule is N#C[C@@]1(c2ccc3c(N)ncnn23)O[C@@H]2CO[P@](=O)(OCOC(=O)C3CCCC3)O[C@H]2[C@H]1O. The fourth-order valence-corrected chi connectivity index (χ4v) is 5.76. The first kappa shape index (κ1) is 22.2. The van der Waals surface area contributed by atoms with Gasteiger partial charge in [0.15, 0.2) is 5.82 Å². The third-order valence-electron chi connectivity index (χ3n) is 6.21. The van der Waals surface area contributed by atoms with E-state index in [1.165, 1.54) is 16.9 Å². The first-order valence-electron chi connectivity index (χ1n) is 10.5. The van der Waals surface area contributed by atoms with Crippen molar-refractivity contribution in [1.29, 1.82) is 5.26 Å². The van der Waals surface area contributed by atoms with Gasteiger partial charge in [0.05, 0.1) is 18.2 Å². The zero-order valence-corrected chi connectivity index (χ0v) is 18.3. The van der Waals surface area contributed by atoms with Crippen molar-refractivity contribution >= 4 is 25.1 Å². The van der Waals surface area contributed by atoms with Crippen LogP contribution in [-0.4, -0.2) is 57.4 Å². The van der Waals surface area contributed by atoms with Crippen LogP contribution in [0.15, 0.2) is 18.5 Å². The van der Waals surface area contributed by atoms with Crippen LogP contribution in [0.2, 0.25) is 0 Å². The summed E-state index contributed by atoms with van der Waals surface area (Å²) in [5.74, 6) is -0.440. The summed E-state index contributed by atoms with van der Waals surface area (Å²) in [6.07, 6.45) is 0.931. The Morgan fingerprint density at radius 3 is 2.97 bits per heavy atom. The highest BCUT2D eigenvalue weighted by molar-refractivity contribution is 7.48. The highest BCUT2D eigenvalue weighted by Crippen LogP contribution is 2.58. The predicted octanol–water partition coefficient (Wildman–Crippen LogP) is 1.02. The fraction of sp³-hybridized carbons (Fsp3) is 0.579. The molecule has 3 fully saturated rings. The Morgan fingerprint density at radius 1 is 1.42 bits per heavy atom. The largest absolute Gasteiger partial charge is 0.478 e. The molecule has 0 spiro atoms. The number of ether oxygens (including phenoxy) is 2. The predicted molar refractivity (Wildman–Crippen MR) is 108 cm³/mol. The van der Waals surface area contributed by atoms with Gasteiger partial charge < -0.3 is 20.3 Å². The summed E-state index contributed by atoms with van der Waals surface area (Å²) >= 11 is 0. The summed E-state index contributed by atoms with van der Waals surface area (Å²) in [5, 5.41) is 25.1. The summed E-state index contributed by atoms with van der Waals surface area (Å²) in [6.45, 7) is -0.899. The summed E-state index contributed by atoms with van der Waals surface area (Å²) in [6, 6.07) is 5.11. The maximum absolute atomic E-state index is 12.9. The molecule has 3 N–H and O–H groups in total. The van der Waals surface area contributed by atoms with E-state index < -0.39 is 44.5 Å². The minimum absolute atomic E-state index is 0.180. The molecule has 14 heteroatoms. The number of rotatable bonds is 5. The second kappa shape index (κ2) is 8.32. The highest BCUT2D eigenvalue weighted by atomic mass is 31.2. The molecule has 4 heterocycles. The number of hydrogen-bond donors (Lipinski definition) is 2. The quantitative estimate of drug-likeness (QED) is 0.353. The molecule has 5 atom stereocenters. The van der Waals surface area contributed by atoms with Crippen LogP contribution < -0.4 is 5.73 Å². The first-order valence-corrected chi connectivity index (χ1v) is 11.9. The Morgan fingerprint density at radius 2 is 2.21 bits per heavy atom. The number of carbonyl (C=O) groups excluding carboxylic acids is 1. The highest BCUT2D eigenvalue weighted by Gasteiger charge is 2.62. The molecule has 2 aromatic heterocycles. The van der Waals surface area contributed by atoms with Gasteiger partial charge in [0, 0.05) is 0 Å². The molecule has 13 nitrogen and oxygen atoms in total. The van der Waals surface area contributed by atoms with Crippen LogP contribution in [0.1, 0.15) is 31.4 Å². The van der Waals surface area contributed by atoms with Crippen molar-refractivity contribution in [3.05, 3.63) is 24.2 Å². The Labute approximate surface area is 187 Å². The summed E-state index contributed by atoms with van der Waals surface area (Å²) in [7, 11) is -4.19. The van der Waals surface area contributed by atoms with Gasteiger partial charge >= 0.3 is 13.8 Å². The molecular formula is C19H22N5O8P.